The number of benzene rings is 2. The van der Waals surface area contributed by atoms with Crippen LogP contribution in [-0.2, 0) is 18.3 Å². The Morgan fingerprint density at radius 3 is 2.42 bits per heavy atom. The van der Waals surface area contributed by atoms with Crippen molar-refractivity contribution in [3.63, 3.8) is 0 Å². The fourth-order valence-corrected chi connectivity index (χ4v) is 2.78. The van der Waals surface area contributed by atoms with E-state index < -0.39 is 0 Å². The Bertz CT molecular complexity index is 1060. The zero-order valence-corrected chi connectivity index (χ0v) is 14.4. The highest BCUT2D eigenvalue weighted by Crippen LogP contribution is 2.17. The van der Waals surface area contributed by atoms with Crippen molar-refractivity contribution in [3.8, 4) is 0 Å². The third kappa shape index (κ3) is 3.32. The van der Waals surface area contributed by atoms with Crippen molar-refractivity contribution in [3.05, 3.63) is 70.1 Å². The number of nitrogens with one attached hydrogen (secondary N) is 2. The number of carbonyl (C=O) groups excluding carboxylic acids is 2. The number of anilines is 1. The molecule has 0 radical (unpaired) electrons. The van der Waals surface area contributed by atoms with Crippen molar-refractivity contribution < 1.29 is 9.59 Å². The molecule has 132 valence electrons. The van der Waals surface area contributed by atoms with Crippen LogP contribution >= 0.6 is 0 Å². The highest BCUT2D eigenvalue weighted by Gasteiger charge is 2.15. The Kier molecular flexibility index (Phi) is 4.79. The van der Waals surface area contributed by atoms with Crippen molar-refractivity contribution in [1.82, 2.24) is 15.1 Å². The van der Waals surface area contributed by atoms with Gasteiger partial charge >= 0.3 is 0 Å². The van der Waals surface area contributed by atoms with Gasteiger partial charge in [-0.2, -0.15) is 5.10 Å². The molecule has 0 atom stereocenters. The zero-order chi connectivity index (χ0) is 18.7. The average Bonchev–Trinajstić information content (AvgIpc) is 2.65. The summed E-state index contributed by atoms with van der Waals surface area (Å²) in [6, 6.07) is 13.8. The largest absolute Gasteiger partial charge is 0.355 e. The molecule has 3 aromatic rings. The summed E-state index contributed by atoms with van der Waals surface area (Å²) in [4.78, 5) is 36.6. The van der Waals surface area contributed by atoms with Crippen LogP contribution in [0.3, 0.4) is 0 Å². The molecule has 0 bridgehead atoms. The first-order valence-corrected chi connectivity index (χ1v) is 8.07. The molecule has 0 unspecified atom stereocenters. The summed E-state index contributed by atoms with van der Waals surface area (Å²) in [7, 11) is 3.08. The molecule has 0 spiro atoms. The van der Waals surface area contributed by atoms with E-state index >= 15 is 0 Å². The molecule has 26 heavy (non-hydrogen) atoms. The van der Waals surface area contributed by atoms with Crippen molar-refractivity contribution in [2.24, 2.45) is 7.05 Å². The van der Waals surface area contributed by atoms with Gasteiger partial charge in [-0.05, 0) is 18.2 Å². The lowest BCUT2D eigenvalue weighted by atomic mass is 10.1. The third-order valence-corrected chi connectivity index (χ3v) is 4.03. The monoisotopic (exact) mass is 350 g/mol. The number of aryl methyl sites for hydroxylation is 1. The number of nitrogens with zero attached hydrogens (tertiary/aromatic N) is 2. The molecule has 2 amide bonds. The molecular weight excluding hydrogens is 332 g/mol. The van der Waals surface area contributed by atoms with Gasteiger partial charge in [0.15, 0.2) is 0 Å². The lowest BCUT2D eigenvalue weighted by Crippen LogP contribution is -2.25. The molecule has 3 rings (SSSR count). The van der Waals surface area contributed by atoms with Crippen LogP contribution in [0.2, 0.25) is 0 Å². The Morgan fingerprint density at radius 1 is 1.04 bits per heavy atom. The topological polar surface area (TPSA) is 93.1 Å². The average molecular weight is 350 g/mol. The Hall–Kier alpha value is -3.48. The minimum Gasteiger partial charge on any atom is -0.355 e. The van der Waals surface area contributed by atoms with Crippen molar-refractivity contribution in [2.45, 2.75) is 6.42 Å². The van der Waals surface area contributed by atoms with Crippen molar-refractivity contribution in [2.75, 3.05) is 12.4 Å². The summed E-state index contributed by atoms with van der Waals surface area (Å²) in [6.45, 7) is 0. The fraction of sp³-hybridized carbons (Fsp3) is 0.158. The molecule has 1 aromatic heterocycles. The smallest absolute Gasteiger partial charge is 0.274 e. The van der Waals surface area contributed by atoms with Gasteiger partial charge < -0.3 is 10.6 Å². The number of amides is 2. The zero-order valence-electron chi connectivity index (χ0n) is 14.4. The summed E-state index contributed by atoms with van der Waals surface area (Å²) in [5, 5.41) is 10.7. The Morgan fingerprint density at radius 2 is 1.69 bits per heavy atom. The van der Waals surface area contributed by atoms with Gasteiger partial charge in [0.2, 0.25) is 5.91 Å². The first-order valence-electron chi connectivity index (χ1n) is 8.07. The molecule has 0 aliphatic carbocycles. The van der Waals surface area contributed by atoms with Gasteiger partial charge in [0.1, 0.15) is 0 Å². The lowest BCUT2D eigenvalue weighted by Gasteiger charge is -2.11. The molecule has 7 heteroatoms. The molecule has 0 saturated heterocycles. The van der Waals surface area contributed by atoms with E-state index in [0.29, 0.717) is 27.7 Å². The van der Waals surface area contributed by atoms with E-state index in [9.17, 15) is 14.4 Å². The Balaban J connectivity index is 1.91. The van der Waals surface area contributed by atoms with Crippen LogP contribution in [0.25, 0.3) is 10.8 Å². The van der Waals surface area contributed by atoms with Crippen LogP contribution in [0.5, 0.6) is 0 Å². The molecule has 1 heterocycles. The van der Waals surface area contributed by atoms with E-state index in [0.717, 1.165) is 0 Å². The van der Waals surface area contributed by atoms with Crippen LogP contribution in [-0.4, -0.2) is 28.6 Å². The van der Waals surface area contributed by atoms with E-state index in [4.69, 9.17) is 0 Å². The summed E-state index contributed by atoms with van der Waals surface area (Å²) in [5.74, 6) is -0.607. The predicted octanol–water partition coefficient (Wildman–Crippen LogP) is 1.47. The van der Waals surface area contributed by atoms with E-state index in [-0.39, 0.29) is 23.8 Å². The second-order valence-corrected chi connectivity index (χ2v) is 5.77. The lowest BCUT2D eigenvalue weighted by molar-refractivity contribution is -0.115. The summed E-state index contributed by atoms with van der Waals surface area (Å²) >= 11 is 0. The molecule has 0 aliphatic rings. The third-order valence-electron chi connectivity index (χ3n) is 4.03. The SMILES string of the molecule is CNC(=O)c1ccccc1NC(=O)Cc1nn(C)c(=O)c2ccccc12. The highest BCUT2D eigenvalue weighted by molar-refractivity contribution is 6.04. The summed E-state index contributed by atoms with van der Waals surface area (Å²) in [5.41, 5.74) is 1.08. The number of para-hydroxylation sites is 1. The maximum absolute atomic E-state index is 12.5. The van der Waals surface area contributed by atoms with Gasteiger partial charge in [-0.1, -0.05) is 30.3 Å². The molecule has 2 N–H and O–H groups in total. The van der Waals surface area contributed by atoms with Gasteiger partial charge in [0.05, 0.1) is 28.8 Å². The van der Waals surface area contributed by atoms with Crippen molar-refractivity contribution >= 4 is 28.3 Å². The van der Waals surface area contributed by atoms with E-state index in [2.05, 4.69) is 15.7 Å². The predicted molar refractivity (Wildman–Crippen MR) is 99.1 cm³/mol. The maximum atomic E-state index is 12.5. The molecule has 7 nitrogen and oxygen atoms in total. The van der Waals surface area contributed by atoms with Gasteiger partial charge in [0.25, 0.3) is 11.5 Å². The minimum absolute atomic E-state index is 0.0172. The normalized spacial score (nSPS) is 10.5. The van der Waals surface area contributed by atoms with Gasteiger partial charge in [-0.15, -0.1) is 0 Å². The summed E-state index contributed by atoms with van der Waals surface area (Å²) in [6.07, 6.45) is -0.0172. The quantitative estimate of drug-likeness (QED) is 0.745. The van der Waals surface area contributed by atoms with Crippen LogP contribution in [0.4, 0.5) is 5.69 Å². The highest BCUT2D eigenvalue weighted by atomic mass is 16.2. The molecule has 0 fully saturated rings. The molecule has 0 aliphatic heterocycles. The number of aromatic nitrogens is 2. The van der Waals surface area contributed by atoms with Gasteiger partial charge in [0, 0.05) is 19.5 Å². The molecule has 0 saturated carbocycles. The fourth-order valence-electron chi connectivity index (χ4n) is 2.78. The van der Waals surface area contributed by atoms with E-state index in [1.807, 2.05) is 0 Å². The first kappa shape index (κ1) is 17.3. The molecule has 2 aromatic carbocycles. The maximum Gasteiger partial charge on any atom is 0.274 e. The van der Waals surface area contributed by atoms with Crippen LogP contribution < -0.4 is 16.2 Å². The number of hydrogen-bond acceptors (Lipinski definition) is 4. The summed E-state index contributed by atoms with van der Waals surface area (Å²) < 4.78 is 1.23. The van der Waals surface area contributed by atoms with Gasteiger partial charge in [-0.3, -0.25) is 14.4 Å². The second kappa shape index (κ2) is 7.18. The standard InChI is InChI=1S/C19H18N4O3/c1-20-18(25)14-9-5-6-10-15(14)21-17(24)11-16-12-7-3-4-8-13(12)19(26)23(2)22-16/h3-10H,11H2,1-2H3,(H,20,25)(H,21,24). The first-order chi connectivity index (χ1) is 12.5. The van der Waals surface area contributed by atoms with Crippen LogP contribution in [0.15, 0.2) is 53.3 Å². The number of carbonyl (C=O) groups is 2. The molecular formula is C19H18N4O3. The van der Waals surface area contributed by atoms with Crippen LogP contribution in [0, 0.1) is 0 Å². The Labute approximate surface area is 149 Å². The van der Waals surface area contributed by atoms with Crippen LogP contribution in [0.1, 0.15) is 16.1 Å². The van der Waals surface area contributed by atoms with E-state index in [1.54, 1.807) is 55.6 Å². The number of hydrogen-bond donors (Lipinski definition) is 2. The van der Waals surface area contributed by atoms with E-state index in [1.165, 1.54) is 11.7 Å². The van der Waals surface area contributed by atoms with Crippen molar-refractivity contribution in [1.29, 1.82) is 0 Å². The number of rotatable bonds is 4. The number of fused-ring (bicyclic) bond motifs is 1. The van der Waals surface area contributed by atoms with Gasteiger partial charge in [-0.25, -0.2) is 4.68 Å². The second-order valence-electron chi connectivity index (χ2n) is 5.77. The minimum atomic E-state index is -0.322.